The Labute approximate surface area is 203 Å². The van der Waals surface area contributed by atoms with Gasteiger partial charge in [-0.2, -0.15) is 0 Å². The van der Waals surface area contributed by atoms with Gasteiger partial charge in [-0.3, -0.25) is 19.6 Å². The SMILES string of the molecule is NS/C(SC1=C(C(=O)O)N2C(=O)C(NC(=O)/C(=N\O)c3nc(N)sc3Cl)[C@H]2CC1)=C(\[NH3+])Cl. The number of carbonyl (C=O) groups is 3. The number of nitrogens with one attached hydrogen (secondary N) is 1. The molecule has 3 rings (SSSR count). The number of thioether (sulfide) groups is 1. The zero-order valence-corrected chi connectivity index (χ0v) is 19.8. The predicted molar refractivity (Wildman–Crippen MR) is 121 cm³/mol. The maximum absolute atomic E-state index is 12.8. The monoisotopic (exact) mass is 540 g/mol. The van der Waals surface area contributed by atoms with Crippen molar-refractivity contribution in [3.63, 3.8) is 0 Å². The van der Waals surface area contributed by atoms with Crippen molar-refractivity contribution >= 4 is 86.9 Å². The minimum Gasteiger partial charge on any atom is -0.477 e. The van der Waals surface area contributed by atoms with Gasteiger partial charge < -0.3 is 27.1 Å². The number of oxime groups is 1. The number of nitrogen functional groups attached to an aromatic ring is 1. The van der Waals surface area contributed by atoms with Crippen LogP contribution in [0.3, 0.4) is 0 Å². The number of halogens is 2. The van der Waals surface area contributed by atoms with Gasteiger partial charge in [-0.05, 0) is 36.4 Å². The highest BCUT2D eigenvalue weighted by molar-refractivity contribution is 8.23. The number of hydrogen-bond acceptors (Lipinski definition) is 11. The van der Waals surface area contributed by atoms with E-state index in [1.54, 1.807) is 0 Å². The highest BCUT2D eigenvalue weighted by Crippen LogP contribution is 2.45. The van der Waals surface area contributed by atoms with Crippen LogP contribution in [0.2, 0.25) is 4.34 Å². The minimum atomic E-state index is -1.31. The van der Waals surface area contributed by atoms with Crippen molar-refractivity contribution < 1.29 is 30.4 Å². The van der Waals surface area contributed by atoms with Crippen molar-refractivity contribution in [1.29, 1.82) is 0 Å². The first-order valence-corrected chi connectivity index (χ1v) is 11.9. The molecule has 1 saturated heterocycles. The van der Waals surface area contributed by atoms with Crippen molar-refractivity contribution in [3.8, 4) is 0 Å². The molecular weight excluding hydrogens is 525 g/mol. The summed E-state index contributed by atoms with van der Waals surface area (Å²) in [4.78, 5) is 42.6. The van der Waals surface area contributed by atoms with Crippen molar-refractivity contribution in [2.75, 3.05) is 5.73 Å². The fourth-order valence-corrected chi connectivity index (χ4v) is 5.89. The lowest BCUT2D eigenvalue weighted by Gasteiger charge is -2.50. The number of allylic oxidation sites excluding steroid dienone is 1. The Morgan fingerprint density at radius 3 is 2.62 bits per heavy atom. The Morgan fingerprint density at radius 1 is 1.44 bits per heavy atom. The number of rotatable bonds is 7. The fraction of sp³-hybridized carbons (Fsp3) is 0.267. The van der Waals surface area contributed by atoms with Gasteiger partial charge in [0, 0.05) is 4.91 Å². The molecule has 3 heterocycles. The molecule has 0 radical (unpaired) electrons. The number of nitrogens with two attached hydrogens (primary N) is 2. The van der Waals surface area contributed by atoms with Crippen LogP contribution in [-0.2, 0) is 14.4 Å². The Kier molecular flexibility index (Phi) is 7.59. The normalized spacial score (nSPS) is 21.7. The molecule has 0 saturated carbocycles. The average molecular weight is 541 g/mol. The summed E-state index contributed by atoms with van der Waals surface area (Å²) in [6.07, 6.45) is 0.666. The minimum absolute atomic E-state index is 0.0353. The van der Waals surface area contributed by atoms with Crippen LogP contribution >= 0.6 is 58.2 Å². The number of carbonyl (C=O) groups excluding carboxylic acids is 2. The molecule has 32 heavy (non-hydrogen) atoms. The number of carboxylic acid groups (broad SMARTS) is 1. The summed E-state index contributed by atoms with van der Waals surface area (Å²) in [5.74, 6) is -2.85. The highest BCUT2D eigenvalue weighted by atomic mass is 35.5. The maximum atomic E-state index is 12.8. The van der Waals surface area contributed by atoms with Crippen LogP contribution in [0.1, 0.15) is 18.5 Å². The van der Waals surface area contributed by atoms with E-state index in [1.807, 2.05) is 0 Å². The lowest BCUT2D eigenvalue weighted by Crippen LogP contribution is -2.72. The van der Waals surface area contributed by atoms with Crippen molar-refractivity contribution in [3.05, 3.63) is 30.0 Å². The Morgan fingerprint density at radius 2 is 2.12 bits per heavy atom. The smallest absolute Gasteiger partial charge is 0.353 e. The molecule has 2 aliphatic heterocycles. The summed E-state index contributed by atoms with van der Waals surface area (Å²) < 4.78 is 0.438. The van der Waals surface area contributed by atoms with Crippen LogP contribution in [0.25, 0.3) is 0 Å². The first-order valence-electron chi connectivity index (χ1n) is 8.61. The fourth-order valence-electron chi connectivity index (χ4n) is 3.26. The van der Waals surface area contributed by atoms with E-state index in [1.165, 1.54) is 0 Å². The van der Waals surface area contributed by atoms with E-state index < -0.39 is 35.6 Å². The number of amides is 2. The summed E-state index contributed by atoms with van der Waals surface area (Å²) in [5.41, 5.74) is 8.27. The average Bonchev–Trinajstić information content (AvgIpc) is 3.07. The third-order valence-electron chi connectivity index (χ3n) is 4.57. The van der Waals surface area contributed by atoms with E-state index in [-0.39, 0.29) is 26.0 Å². The second-order valence-electron chi connectivity index (χ2n) is 6.38. The van der Waals surface area contributed by atoms with E-state index in [0.29, 0.717) is 22.0 Å². The molecule has 2 atom stereocenters. The molecule has 12 nitrogen and oxygen atoms in total. The molecule has 0 aliphatic carbocycles. The molecular formula is C15H16Cl2N7O5S3+. The number of quaternary nitrogens is 1. The largest absolute Gasteiger partial charge is 0.477 e. The first-order chi connectivity index (χ1) is 15.1. The number of carboxylic acids is 1. The van der Waals surface area contributed by atoms with Gasteiger partial charge in [0.1, 0.15) is 26.0 Å². The number of fused-ring (bicyclic) bond motifs is 1. The third-order valence-corrected chi connectivity index (χ3v) is 8.14. The molecule has 1 aromatic rings. The van der Waals surface area contributed by atoms with Crippen LogP contribution in [0.15, 0.2) is 25.2 Å². The Balaban J connectivity index is 1.82. The standard InChI is InChI=1S/C15H15Cl2N7O5S3/c16-9(18)14(32-20)30-4-2-1-3-5(12(26)24(3)8(4)13(27)28)21-11(25)7(23-29)6-10(17)31-15(19)22-6/h3,5,29H,1-2,18,20H2,(H2,19,22)(H,21,25)(H,27,28)/p+1/b14-9-,23-7-/t3-,5?/m1/s1. The van der Waals surface area contributed by atoms with E-state index in [4.69, 9.17) is 34.1 Å². The number of aliphatic carboxylic acids is 1. The molecule has 0 bridgehead atoms. The van der Waals surface area contributed by atoms with Crippen LogP contribution in [0, 0.1) is 0 Å². The molecule has 2 aliphatic rings. The van der Waals surface area contributed by atoms with Gasteiger partial charge in [-0.1, -0.05) is 39.9 Å². The second-order valence-corrected chi connectivity index (χ2v) is 10.5. The van der Waals surface area contributed by atoms with Gasteiger partial charge >= 0.3 is 5.97 Å². The number of thiazole rings is 1. The zero-order chi connectivity index (χ0) is 23.7. The number of nitrogens with zero attached hydrogens (tertiary/aromatic N) is 3. The van der Waals surface area contributed by atoms with Gasteiger partial charge in [0.2, 0.25) is 5.16 Å². The summed E-state index contributed by atoms with van der Waals surface area (Å²) in [7, 11) is 0. The molecule has 10 N–H and O–H groups in total. The van der Waals surface area contributed by atoms with Crippen LogP contribution in [0.5, 0.6) is 0 Å². The van der Waals surface area contributed by atoms with Gasteiger partial charge in [0.25, 0.3) is 11.8 Å². The van der Waals surface area contributed by atoms with Gasteiger partial charge in [-0.15, -0.1) is 0 Å². The topological polar surface area (TPSA) is 212 Å². The maximum Gasteiger partial charge on any atom is 0.353 e. The molecule has 17 heteroatoms. The van der Waals surface area contributed by atoms with E-state index >= 15 is 0 Å². The molecule has 1 unspecified atom stereocenters. The van der Waals surface area contributed by atoms with Gasteiger partial charge in [0.05, 0.1) is 6.04 Å². The summed E-state index contributed by atoms with van der Waals surface area (Å²) in [6, 6.07) is -1.63. The Hall–Kier alpha value is -2.01. The number of anilines is 1. The number of hydrogen-bond donors (Lipinski definition) is 6. The van der Waals surface area contributed by atoms with E-state index in [9.17, 15) is 24.7 Å². The molecule has 1 fully saturated rings. The van der Waals surface area contributed by atoms with E-state index in [2.05, 4.69) is 21.2 Å². The molecule has 0 spiro atoms. The third kappa shape index (κ3) is 4.54. The van der Waals surface area contributed by atoms with Crippen molar-refractivity contribution in [1.82, 2.24) is 15.2 Å². The van der Waals surface area contributed by atoms with Crippen LogP contribution in [0.4, 0.5) is 5.13 Å². The molecule has 0 aromatic carbocycles. The summed E-state index contributed by atoms with van der Waals surface area (Å²) in [5, 5.41) is 30.1. The van der Waals surface area contributed by atoms with E-state index in [0.717, 1.165) is 39.9 Å². The quantitative estimate of drug-likeness (QED) is 0.0693. The van der Waals surface area contributed by atoms with Crippen LogP contribution < -0.4 is 21.9 Å². The summed E-state index contributed by atoms with van der Waals surface area (Å²) >= 11 is 14.6. The Bertz CT molecular complexity index is 1090. The second kappa shape index (κ2) is 9.86. The highest BCUT2D eigenvalue weighted by Gasteiger charge is 2.54. The zero-order valence-electron chi connectivity index (χ0n) is 15.9. The summed E-state index contributed by atoms with van der Waals surface area (Å²) in [6.45, 7) is 0. The lowest BCUT2D eigenvalue weighted by atomic mass is 9.86. The lowest BCUT2D eigenvalue weighted by molar-refractivity contribution is -0.286. The van der Waals surface area contributed by atoms with Crippen molar-refractivity contribution in [2.45, 2.75) is 24.9 Å². The first kappa shape index (κ1) is 24.6. The number of aromatic nitrogens is 1. The number of β-lactam (4-membered cyclic amide) rings is 1. The van der Waals surface area contributed by atoms with Crippen LogP contribution in [-0.4, -0.2) is 55.8 Å². The molecule has 172 valence electrons. The van der Waals surface area contributed by atoms with Gasteiger partial charge in [-0.25, -0.2) is 9.78 Å². The van der Waals surface area contributed by atoms with Crippen molar-refractivity contribution in [2.24, 2.45) is 10.3 Å². The predicted octanol–water partition coefficient (Wildman–Crippen LogP) is 0.290. The molecule has 2 amide bonds. The molecule has 1 aromatic heterocycles. The van der Waals surface area contributed by atoms with Gasteiger partial charge in [0.15, 0.2) is 10.8 Å².